The molecule has 160 valence electrons. The first-order valence-corrected chi connectivity index (χ1v) is 9.94. The Morgan fingerprint density at radius 2 is 1.93 bits per heavy atom. The summed E-state index contributed by atoms with van der Waals surface area (Å²) in [5, 5.41) is 2.65. The predicted molar refractivity (Wildman–Crippen MR) is 112 cm³/mol. The number of halogens is 1. The van der Waals surface area contributed by atoms with Gasteiger partial charge in [-0.3, -0.25) is 4.79 Å². The molecule has 1 aliphatic heterocycles. The zero-order valence-corrected chi connectivity index (χ0v) is 17.6. The molecule has 1 saturated heterocycles. The second-order valence-electron chi connectivity index (χ2n) is 7.33. The summed E-state index contributed by atoms with van der Waals surface area (Å²) >= 11 is 0. The zero-order chi connectivity index (χ0) is 21.8. The first kappa shape index (κ1) is 21.7. The number of esters is 1. The molecule has 1 amide bonds. The van der Waals surface area contributed by atoms with Crippen molar-refractivity contribution in [2.24, 2.45) is 0 Å². The minimum Gasteiger partial charge on any atom is -0.462 e. The third-order valence-corrected chi connectivity index (χ3v) is 4.78. The van der Waals surface area contributed by atoms with E-state index in [4.69, 9.17) is 9.47 Å². The summed E-state index contributed by atoms with van der Waals surface area (Å²) in [6.45, 7) is 8.71. The summed E-state index contributed by atoms with van der Waals surface area (Å²) in [6.07, 6.45) is 0.0267. The van der Waals surface area contributed by atoms with Gasteiger partial charge in [0.15, 0.2) is 0 Å². The number of ether oxygens (including phenoxy) is 2. The van der Waals surface area contributed by atoms with E-state index in [1.165, 1.54) is 18.2 Å². The molecule has 8 heteroatoms. The lowest BCUT2D eigenvalue weighted by atomic mass is 10.1. The van der Waals surface area contributed by atoms with Crippen molar-refractivity contribution < 1.29 is 23.5 Å². The minimum absolute atomic E-state index is 0.0134. The topological polar surface area (TPSA) is 80.8 Å². The summed E-state index contributed by atoms with van der Waals surface area (Å²) in [7, 11) is 0. The Kier molecular flexibility index (Phi) is 6.66. The minimum atomic E-state index is -0.491. The van der Waals surface area contributed by atoms with Gasteiger partial charge < -0.3 is 19.7 Å². The third-order valence-electron chi connectivity index (χ3n) is 4.78. The van der Waals surface area contributed by atoms with E-state index >= 15 is 0 Å². The quantitative estimate of drug-likeness (QED) is 0.752. The van der Waals surface area contributed by atoms with Crippen molar-refractivity contribution in [2.45, 2.75) is 39.9 Å². The number of rotatable bonds is 5. The standard InChI is InChI=1S/C22H26FN3O4/c1-5-29-22(28)17-7-8-19(24-15(17)4)21(27)25-16-6-9-20(18(23)10-16)26-11-13(2)30-14(3)12-26/h6-10,13-14H,5,11-12H2,1-4H3,(H,25,27). The van der Waals surface area contributed by atoms with Crippen LogP contribution in [0.1, 0.15) is 47.3 Å². The fraction of sp³-hybridized carbons (Fsp3) is 0.409. The van der Waals surface area contributed by atoms with E-state index in [-0.39, 0.29) is 24.5 Å². The van der Waals surface area contributed by atoms with Gasteiger partial charge in [0.1, 0.15) is 11.5 Å². The highest BCUT2D eigenvalue weighted by Gasteiger charge is 2.24. The Balaban J connectivity index is 1.72. The molecular formula is C22H26FN3O4. The normalized spacial score (nSPS) is 18.8. The number of aromatic nitrogens is 1. The number of nitrogens with one attached hydrogen (secondary N) is 1. The molecule has 30 heavy (non-hydrogen) atoms. The van der Waals surface area contributed by atoms with Gasteiger partial charge in [0, 0.05) is 18.8 Å². The molecule has 2 heterocycles. The van der Waals surface area contributed by atoms with Crippen LogP contribution in [0.25, 0.3) is 0 Å². The number of pyridine rings is 1. The molecule has 2 atom stereocenters. The van der Waals surface area contributed by atoms with Crippen molar-refractivity contribution >= 4 is 23.3 Å². The maximum atomic E-state index is 14.7. The second-order valence-corrected chi connectivity index (χ2v) is 7.33. The van der Waals surface area contributed by atoms with Gasteiger partial charge in [-0.25, -0.2) is 14.2 Å². The lowest BCUT2D eigenvalue weighted by Gasteiger charge is -2.37. The highest BCUT2D eigenvalue weighted by atomic mass is 19.1. The van der Waals surface area contributed by atoms with Crippen molar-refractivity contribution in [2.75, 3.05) is 29.9 Å². The van der Waals surface area contributed by atoms with Crippen LogP contribution in [0, 0.1) is 12.7 Å². The maximum Gasteiger partial charge on any atom is 0.339 e. The van der Waals surface area contributed by atoms with Crippen LogP contribution in [-0.4, -0.2) is 48.8 Å². The number of hydrogen-bond acceptors (Lipinski definition) is 6. The van der Waals surface area contributed by atoms with Crippen molar-refractivity contribution in [3.8, 4) is 0 Å². The summed E-state index contributed by atoms with van der Waals surface area (Å²) in [5.74, 6) is -1.40. The van der Waals surface area contributed by atoms with E-state index in [0.29, 0.717) is 35.7 Å². The van der Waals surface area contributed by atoms with E-state index in [0.717, 1.165) is 0 Å². The van der Waals surface area contributed by atoms with Gasteiger partial charge in [0.25, 0.3) is 5.91 Å². The maximum absolute atomic E-state index is 14.7. The Morgan fingerprint density at radius 3 is 2.53 bits per heavy atom. The zero-order valence-electron chi connectivity index (χ0n) is 17.6. The van der Waals surface area contributed by atoms with Crippen molar-refractivity contribution in [1.82, 2.24) is 4.98 Å². The molecule has 0 saturated carbocycles. The van der Waals surface area contributed by atoms with Crippen molar-refractivity contribution in [3.63, 3.8) is 0 Å². The monoisotopic (exact) mass is 415 g/mol. The largest absolute Gasteiger partial charge is 0.462 e. The lowest BCUT2D eigenvalue weighted by molar-refractivity contribution is -0.00539. The Labute approximate surface area is 175 Å². The highest BCUT2D eigenvalue weighted by molar-refractivity contribution is 6.03. The molecule has 7 nitrogen and oxygen atoms in total. The molecule has 0 bridgehead atoms. The molecule has 1 aromatic heterocycles. The smallest absolute Gasteiger partial charge is 0.339 e. The molecule has 0 spiro atoms. The van der Waals surface area contributed by atoms with Gasteiger partial charge in [0.05, 0.1) is 35.8 Å². The molecule has 2 unspecified atom stereocenters. The average Bonchev–Trinajstić information content (AvgIpc) is 2.67. The van der Waals surface area contributed by atoms with Crippen LogP contribution in [0.5, 0.6) is 0 Å². The summed E-state index contributed by atoms with van der Waals surface area (Å²) in [5.41, 5.74) is 1.61. The summed E-state index contributed by atoms with van der Waals surface area (Å²) in [4.78, 5) is 30.5. The van der Waals surface area contributed by atoms with Crippen LogP contribution in [0.2, 0.25) is 0 Å². The SMILES string of the molecule is CCOC(=O)c1ccc(C(=O)Nc2ccc(N3CC(C)OC(C)C3)c(F)c2)nc1C. The van der Waals surface area contributed by atoms with Crippen LogP contribution in [0.4, 0.5) is 15.8 Å². The molecule has 1 fully saturated rings. The van der Waals surface area contributed by atoms with E-state index < -0.39 is 17.7 Å². The average molecular weight is 415 g/mol. The van der Waals surface area contributed by atoms with Crippen LogP contribution < -0.4 is 10.2 Å². The summed E-state index contributed by atoms with van der Waals surface area (Å²) in [6, 6.07) is 7.53. The van der Waals surface area contributed by atoms with E-state index in [1.54, 1.807) is 26.0 Å². The number of hydrogen-bond donors (Lipinski definition) is 1. The Morgan fingerprint density at radius 1 is 1.23 bits per heavy atom. The van der Waals surface area contributed by atoms with E-state index in [2.05, 4.69) is 10.3 Å². The first-order valence-electron chi connectivity index (χ1n) is 9.94. The molecule has 1 aromatic carbocycles. The Bertz CT molecular complexity index is 940. The Hall–Kier alpha value is -3.00. The number of carbonyl (C=O) groups excluding carboxylic acids is 2. The third kappa shape index (κ3) is 4.94. The number of carbonyl (C=O) groups is 2. The first-order chi connectivity index (χ1) is 14.3. The lowest BCUT2D eigenvalue weighted by Crippen LogP contribution is -2.45. The van der Waals surface area contributed by atoms with Gasteiger partial charge in [0.2, 0.25) is 0 Å². The fourth-order valence-electron chi connectivity index (χ4n) is 3.52. The van der Waals surface area contributed by atoms with Crippen molar-refractivity contribution in [3.05, 3.63) is 53.1 Å². The number of anilines is 2. The molecule has 0 aliphatic carbocycles. The number of amides is 1. The molecule has 1 aliphatic rings. The van der Waals surface area contributed by atoms with E-state index in [9.17, 15) is 14.0 Å². The second kappa shape index (κ2) is 9.21. The van der Waals surface area contributed by atoms with Crippen LogP contribution >= 0.6 is 0 Å². The fourth-order valence-corrected chi connectivity index (χ4v) is 3.52. The number of morpholine rings is 1. The van der Waals surface area contributed by atoms with Crippen molar-refractivity contribution in [1.29, 1.82) is 0 Å². The molecule has 2 aromatic rings. The highest BCUT2D eigenvalue weighted by Crippen LogP contribution is 2.26. The molecule has 0 radical (unpaired) electrons. The number of aryl methyl sites for hydroxylation is 1. The number of benzene rings is 1. The van der Waals surface area contributed by atoms with Gasteiger partial charge in [-0.15, -0.1) is 0 Å². The van der Waals surface area contributed by atoms with Crippen LogP contribution in [0.15, 0.2) is 30.3 Å². The molecule has 3 rings (SSSR count). The van der Waals surface area contributed by atoms with Gasteiger partial charge in [-0.2, -0.15) is 0 Å². The summed E-state index contributed by atoms with van der Waals surface area (Å²) < 4.78 is 25.4. The van der Waals surface area contributed by atoms with Crippen LogP contribution in [-0.2, 0) is 9.47 Å². The van der Waals surface area contributed by atoms with Crippen LogP contribution in [0.3, 0.4) is 0 Å². The predicted octanol–water partition coefficient (Wildman–Crippen LogP) is 3.57. The van der Waals surface area contributed by atoms with E-state index in [1.807, 2.05) is 18.7 Å². The van der Waals surface area contributed by atoms with Gasteiger partial charge in [-0.1, -0.05) is 0 Å². The molecular weight excluding hydrogens is 389 g/mol. The van der Waals surface area contributed by atoms with Gasteiger partial charge >= 0.3 is 5.97 Å². The van der Waals surface area contributed by atoms with Gasteiger partial charge in [-0.05, 0) is 58.0 Å². The molecule has 1 N–H and O–H groups in total. The number of nitrogens with zero attached hydrogens (tertiary/aromatic N) is 2.